The zero-order valence-corrected chi connectivity index (χ0v) is 21.4. The Morgan fingerprint density at radius 1 is 0.861 bits per heavy atom. The molecule has 0 radical (unpaired) electrons. The average Bonchev–Trinajstić information content (AvgIpc) is 2.84. The summed E-state index contributed by atoms with van der Waals surface area (Å²) in [5.74, 6) is -0.594. The van der Waals surface area contributed by atoms with Gasteiger partial charge in [0.2, 0.25) is 10.0 Å². The zero-order chi connectivity index (χ0) is 24.0. The van der Waals surface area contributed by atoms with E-state index in [2.05, 4.69) is 15.0 Å². The number of aromatic nitrogens is 1. The van der Waals surface area contributed by atoms with Crippen molar-refractivity contribution in [1.82, 2.24) is 15.0 Å². The van der Waals surface area contributed by atoms with Crippen LogP contribution in [0.4, 0.5) is 8.78 Å². The molecule has 192 valence electrons. The van der Waals surface area contributed by atoms with E-state index in [4.69, 9.17) is 4.74 Å². The first kappa shape index (κ1) is 29.4. The molecule has 0 saturated heterocycles. The lowest BCUT2D eigenvalue weighted by molar-refractivity contribution is 0.315. The SMILES string of the molecule is Cl.Cl.O=S(=O)(NCCNCCOc1ccc(F)cc1-c1ccccc1F)c1cccc2cnccc12. The minimum absolute atomic E-state index is 0. The molecule has 4 rings (SSSR count). The van der Waals surface area contributed by atoms with Crippen molar-refractivity contribution in [3.05, 3.63) is 90.8 Å². The Balaban J connectivity index is 0.00000228. The molecule has 1 heterocycles. The molecular formula is C25H25Cl2F2N3O3S. The summed E-state index contributed by atoms with van der Waals surface area (Å²) in [7, 11) is -3.69. The molecule has 0 aliphatic heterocycles. The van der Waals surface area contributed by atoms with E-state index < -0.39 is 21.7 Å². The van der Waals surface area contributed by atoms with Crippen LogP contribution < -0.4 is 14.8 Å². The van der Waals surface area contributed by atoms with Gasteiger partial charge < -0.3 is 10.1 Å². The molecule has 0 unspecified atom stereocenters. The second kappa shape index (κ2) is 13.5. The Kier molecular flexibility index (Phi) is 11.0. The standard InChI is InChI=1S/C25H23F2N3O3S.2ClH/c26-19-8-9-24(22(16-19)21-5-1-2-6-23(21)27)33-15-14-28-12-13-30-34(31,32)25-7-3-4-18-17-29-11-10-20(18)25;;/h1-11,16-17,28,30H,12-15H2;2*1H. The molecule has 0 fully saturated rings. The van der Waals surface area contributed by atoms with Gasteiger partial charge in [-0.1, -0.05) is 30.3 Å². The number of hydrogen-bond acceptors (Lipinski definition) is 5. The molecule has 0 aliphatic rings. The molecule has 0 aliphatic carbocycles. The van der Waals surface area contributed by atoms with Gasteiger partial charge in [0.25, 0.3) is 0 Å². The number of hydrogen-bond donors (Lipinski definition) is 2. The Morgan fingerprint density at radius 3 is 2.47 bits per heavy atom. The Hall–Kier alpha value is -2.82. The third-order valence-electron chi connectivity index (χ3n) is 5.17. The predicted octanol–water partition coefficient (Wildman–Crippen LogP) is 4.97. The van der Waals surface area contributed by atoms with E-state index in [1.54, 1.807) is 48.8 Å². The smallest absolute Gasteiger partial charge is 0.241 e. The molecule has 3 aromatic carbocycles. The van der Waals surface area contributed by atoms with Crippen molar-refractivity contribution < 1.29 is 21.9 Å². The fourth-order valence-electron chi connectivity index (χ4n) is 3.56. The number of rotatable bonds is 10. The maximum atomic E-state index is 14.2. The molecule has 0 bridgehead atoms. The van der Waals surface area contributed by atoms with Crippen molar-refractivity contribution in [2.24, 2.45) is 0 Å². The van der Waals surface area contributed by atoms with Crippen molar-refractivity contribution in [3.63, 3.8) is 0 Å². The van der Waals surface area contributed by atoms with E-state index in [1.807, 2.05) is 6.07 Å². The van der Waals surface area contributed by atoms with E-state index in [0.717, 1.165) is 5.39 Å². The largest absolute Gasteiger partial charge is 0.492 e. The molecule has 1 aromatic heterocycles. The molecule has 36 heavy (non-hydrogen) atoms. The highest BCUT2D eigenvalue weighted by Gasteiger charge is 2.16. The molecule has 0 saturated carbocycles. The summed E-state index contributed by atoms with van der Waals surface area (Å²) in [5.41, 5.74) is 0.583. The minimum Gasteiger partial charge on any atom is -0.492 e. The van der Waals surface area contributed by atoms with Crippen LogP contribution in [0.15, 0.2) is 84.0 Å². The monoisotopic (exact) mass is 555 g/mol. The number of nitrogens with one attached hydrogen (secondary N) is 2. The van der Waals surface area contributed by atoms with Gasteiger partial charge >= 0.3 is 0 Å². The van der Waals surface area contributed by atoms with Crippen molar-refractivity contribution >= 4 is 45.6 Å². The summed E-state index contributed by atoms with van der Waals surface area (Å²) < 4.78 is 61.6. The van der Waals surface area contributed by atoms with Gasteiger partial charge in [-0.25, -0.2) is 21.9 Å². The number of benzene rings is 3. The van der Waals surface area contributed by atoms with Gasteiger partial charge in [0, 0.05) is 53.9 Å². The predicted molar refractivity (Wildman–Crippen MR) is 142 cm³/mol. The van der Waals surface area contributed by atoms with Crippen molar-refractivity contribution in [1.29, 1.82) is 0 Å². The quantitative estimate of drug-likeness (QED) is 0.270. The molecule has 0 amide bonds. The molecule has 2 N–H and O–H groups in total. The van der Waals surface area contributed by atoms with E-state index in [1.165, 1.54) is 24.3 Å². The average molecular weight is 556 g/mol. The van der Waals surface area contributed by atoms with Crippen LogP contribution in [0.3, 0.4) is 0 Å². The van der Waals surface area contributed by atoms with Gasteiger partial charge in [-0.3, -0.25) is 4.98 Å². The third kappa shape index (κ3) is 7.11. The van der Waals surface area contributed by atoms with Crippen LogP contribution in [-0.2, 0) is 10.0 Å². The first-order chi connectivity index (χ1) is 16.5. The summed E-state index contributed by atoms with van der Waals surface area (Å²) in [6.07, 6.45) is 3.18. The number of ether oxygens (including phenoxy) is 1. The van der Waals surface area contributed by atoms with Crippen molar-refractivity contribution in [2.75, 3.05) is 26.2 Å². The van der Waals surface area contributed by atoms with Crippen LogP contribution in [0, 0.1) is 11.6 Å². The van der Waals surface area contributed by atoms with E-state index >= 15 is 0 Å². The van der Waals surface area contributed by atoms with E-state index in [0.29, 0.717) is 29.8 Å². The maximum Gasteiger partial charge on any atom is 0.241 e. The maximum absolute atomic E-state index is 14.2. The zero-order valence-electron chi connectivity index (χ0n) is 19.0. The van der Waals surface area contributed by atoms with Gasteiger partial charge in [-0.05, 0) is 36.4 Å². The number of fused-ring (bicyclic) bond motifs is 1. The number of sulfonamides is 1. The lowest BCUT2D eigenvalue weighted by Gasteiger charge is -2.13. The van der Waals surface area contributed by atoms with Gasteiger partial charge in [0.15, 0.2) is 0 Å². The van der Waals surface area contributed by atoms with E-state index in [-0.39, 0.29) is 48.4 Å². The molecule has 11 heteroatoms. The van der Waals surface area contributed by atoms with E-state index in [9.17, 15) is 17.2 Å². The Bertz CT molecular complexity index is 1400. The van der Waals surface area contributed by atoms with Gasteiger partial charge in [-0.2, -0.15) is 0 Å². The highest BCUT2D eigenvalue weighted by molar-refractivity contribution is 7.89. The van der Waals surface area contributed by atoms with Gasteiger partial charge in [0.1, 0.15) is 24.0 Å². The van der Waals surface area contributed by atoms with Crippen LogP contribution in [0.25, 0.3) is 21.9 Å². The second-order valence-corrected chi connectivity index (χ2v) is 9.20. The number of halogens is 4. The highest BCUT2D eigenvalue weighted by atomic mass is 35.5. The fourth-order valence-corrected chi connectivity index (χ4v) is 4.81. The normalized spacial score (nSPS) is 10.9. The first-order valence-corrected chi connectivity index (χ1v) is 12.1. The first-order valence-electron chi connectivity index (χ1n) is 10.7. The molecular weight excluding hydrogens is 531 g/mol. The van der Waals surface area contributed by atoms with Crippen LogP contribution >= 0.6 is 24.8 Å². The topological polar surface area (TPSA) is 80.3 Å². The van der Waals surface area contributed by atoms with Crippen LogP contribution in [0.5, 0.6) is 5.75 Å². The number of pyridine rings is 1. The molecule has 4 aromatic rings. The summed E-state index contributed by atoms with van der Waals surface area (Å²) >= 11 is 0. The Labute approximate surface area is 221 Å². The second-order valence-electron chi connectivity index (χ2n) is 7.47. The van der Waals surface area contributed by atoms with Crippen molar-refractivity contribution in [3.8, 4) is 16.9 Å². The summed E-state index contributed by atoms with van der Waals surface area (Å²) in [4.78, 5) is 4.22. The van der Waals surface area contributed by atoms with Gasteiger partial charge in [-0.15, -0.1) is 24.8 Å². The summed E-state index contributed by atoms with van der Waals surface area (Å²) in [6.45, 7) is 1.20. The molecule has 0 spiro atoms. The lowest BCUT2D eigenvalue weighted by atomic mass is 10.0. The summed E-state index contributed by atoms with van der Waals surface area (Å²) in [5, 5.41) is 4.44. The number of nitrogens with zero attached hydrogens (tertiary/aromatic N) is 1. The van der Waals surface area contributed by atoms with Crippen LogP contribution in [0.1, 0.15) is 0 Å². The van der Waals surface area contributed by atoms with Crippen LogP contribution in [-0.4, -0.2) is 39.6 Å². The highest BCUT2D eigenvalue weighted by Crippen LogP contribution is 2.32. The third-order valence-corrected chi connectivity index (χ3v) is 6.69. The molecule has 6 nitrogen and oxygen atoms in total. The molecule has 0 atom stereocenters. The lowest BCUT2D eigenvalue weighted by Crippen LogP contribution is -2.33. The summed E-state index contributed by atoms with van der Waals surface area (Å²) in [6, 6.07) is 16.8. The van der Waals surface area contributed by atoms with Gasteiger partial charge in [0.05, 0.1) is 4.90 Å². The van der Waals surface area contributed by atoms with Crippen molar-refractivity contribution in [2.45, 2.75) is 4.90 Å². The Morgan fingerprint density at radius 2 is 1.67 bits per heavy atom. The van der Waals surface area contributed by atoms with Crippen LogP contribution in [0.2, 0.25) is 0 Å². The fraction of sp³-hybridized carbons (Fsp3) is 0.160. The minimum atomic E-state index is -3.69.